The summed E-state index contributed by atoms with van der Waals surface area (Å²) in [7, 11) is 0. The Balaban J connectivity index is 1.64. The van der Waals surface area contributed by atoms with Gasteiger partial charge in [-0.3, -0.25) is 4.79 Å². The molecule has 1 amide bonds. The van der Waals surface area contributed by atoms with Crippen molar-refractivity contribution in [3.63, 3.8) is 0 Å². The third-order valence-corrected chi connectivity index (χ3v) is 4.81. The van der Waals surface area contributed by atoms with Crippen molar-refractivity contribution in [1.29, 1.82) is 0 Å². The van der Waals surface area contributed by atoms with E-state index in [1.807, 2.05) is 30.3 Å². The van der Waals surface area contributed by atoms with E-state index in [0.717, 1.165) is 11.3 Å². The number of hydrogen-bond acceptors (Lipinski definition) is 2. The van der Waals surface area contributed by atoms with E-state index in [1.54, 1.807) is 17.8 Å². The molecule has 1 N–H and O–H groups in total. The number of thioether (sulfide) groups is 1. The van der Waals surface area contributed by atoms with E-state index in [9.17, 15) is 4.79 Å². The smallest absolute Gasteiger partial charge is 0.220 e. The second-order valence-electron chi connectivity index (χ2n) is 4.76. The first-order valence-electron chi connectivity index (χ1n) is 7.03. The average molecular weight is 354 g/mol. The van der Waals surface area contributed by atoms with Gasteiger partial charge in [0.25, 0.3) is 0 Å². The molecule has 0 unspecified atom stereocenters. The molecule has 0 aromatic heterocycles. The lowest BCUT2D eigenvalue weighted by Crippen LogP contribution is -2.25. The Morgan fingerprint density at radius 1 is 1.05 bits per heavy atom. The topological polar surface area (TPSA) is 29.1 Å². The van der Waals surface area contributed by atoms with Gasteiger partial charge in [-0.15, -0.1) is 11.8 Å². The van der Waals surface area contributed by atoms with E-state index in [4.69, 9.17) is 23.2 Å². The van der Waals surface area contributed by atoms with Crippen molar-refractivity contribution in [3.8, 4) is 0 Å². The molecule has 5 heteroatoms. The summed E-state index contributed by atoms with van der Waals surface area (Å²) in [6, 6.07) is 15.6. The van der Waals surface area contributed by atoms with Crippen LogP contribution >= 0.6 is 35.0 Å². The highest BCUT2D eigenvalue weighted by Gasteiger charge is 2.04. The fourth-order valence-electron chi connectivity index (χ4n) is 1.92. The van der Waals surface area contributed by atoms with Crippen LogP contribution in [0.2, 0.25) is 10.0 Å². The average Bonchev–Trinajstić information content (AvgIpc) is 2.54. The van der Waals surface area contributed by atoms with Gasteiger partial charge in [0.15, 0.2) is 0 Å². The number of rotatable bonds is 7. The molecular formula is C17H17Cl2NOS. The number of nitrogens with one attached hydrogen (secondary N) is 1. The predicted octanol–water partition coefficient (Wildman–Crippen LogP) is 4.83. The van der Waals surface area contributed by atoms with E-state index in [0.29, 0.717) is 29.4 Å². The van der Waals surface area contributed by atoms with Crippen LogP contribution in [0.4, 0.5) is 0 Å². The SMILES string of the molecule is O=C(CCc1ccc(Cl)c(Cl)c1)NCCSc1ccccc1. The van der Waals surface area contributed by atoms with Gasteiger partial charge < -0.3 is 5.32 Å². The van der Waals surface area contributed by atoms with Gasteiger partial charge in [-0.05, 0) is 36.2 Å². The van der Waals surface area contributed by atoms with Crippen LogP contribution in [0, 0.1) is 0 Å². The molecule has 0 saturated carbocycles. The maximum atomic E-state index is 11.8. The quantitative estimate of drug-likeness (QED) is 0.570. The molecule has 0 fully saturated rings. The molecule has 0 radical (unpaired) electrons. The number of amides is 1. The van der Waals surface area contributed by atoms with E-state index in [-0.39, 0.29) is 5.91 Å². The molecule has 2 aromatic rings. The number of aryl methyl sites for hydroxylation is 1. The Hall–Kier alpha value is -1.16. The van der Waals surface area contributed by atoms with Gasteiger partial charge >= 0.3 is 0 Å². The van der Waals surface area contributed by atoms with Gasteiger partial charge in [0.2, 0.25) is 5.91 Å². The maximum Gasteiger partial charge on any atom is 0.220 e. The Morgan fingerprint density at radius 3 is 2.55 bits per heavy atom. The minimum atomic E-state index is 0.0553. The molecule has 0 spiro atoms. The van der Waals surface area contributed by atoms with Crippen LogP contribution in [0.1, 0.15) is 12.0 Å². The van der Waals surface area contributed by atoms with E-state index < -0.39 is 0 Å². The van der Waals surface area contributed by atoms with Crippen molar-refractivity contribution in [2.45, 2.75) is 17.7 Å². The lowest BCUT2D eigenvalue weighted by molar-refractivity contribution is -0.120. The zero-order valence-corrected chi connectivity index (χ0v) is 14.3. The summed E-state index contributed by atoms with van der Waals surface area (Å²) in [5, 5.41) is 3.99. The lowest BCUT2D eigenvalue weighted by atomic mass is 10.1. The van der Waals surface area contributed by atoms with Crippen molar-refractivity contribution in [3.05, 3.63) is 64.1 Å². The molecular weight excluding hydrogens is 337 g/mol. The molecule has 0 saturated heterocycles. The fraction of sp³-hybridized carbons (Fsp3) is 0.235. The second kappa shape index (κ2) is 9.09. The first-order valence-corrected chi connectivity index (χ1v) is 8.78. The normalized spacial score (nSPS) is 10.5. The summed E-state index contributed by atoms with van der Waals surface area (Å²) >= 11 is 13.6. The standard InChI is InChI=1S/C17H17Cl2NOS/c18-15-8-6-13(12-16(15)19)7-9-17(21)20-10-11-22-14-4-2-1-3-5-14/h1-6,8,12H,7,9-11H2,(H,20,21). The molecule has 2 rings (SSSR count). The van der Waals surface area contributed by atoms with E-state index in [1.165, 1.54) is 4.90 Å². The highest BCUT2D eigenvalue weighted by Crippen LogP contribution is 2.23. The molecule has 2 nitrogen and oxygen atoms in total. The van der Waals surface area contributed by atoms with Crippen LogP contribution in [0.25, 0.3) is 0 Å². The summed E-state index contributed by atoms with van der Waals surface area (Å²) in [5.41, 5.74) is 1.02. The molecule has 0 heterocycles. The monoisotopic (exact) mass is 353 g/mol. The summed E-state index contributed by atoms with van der Waals surface area (Å²) in [6.07, 6.45) is 1.11. The zero-order valence-electron chi connectivity index (χ0n) is 12.0. The molecule has 0 aliphatic carbocycles. The van der Waals surface area contributed by atoms with Crippen LogP contribution < -0.4 is 5.32 Å². The van der Waals surface area contributed by atoms with Crippen LogP contribution in [0.5, 0.6) is 0 Å². The van der Waals surface area contributed by atoms with Crippen LogP contribution in [-0.4, -0.2) is 18.2 Å². The molecule has 0 aliphatic heterocycles. The Morgan fingerprint density at radius 2 is 1.82 bits per heavy atom. The number of carbonyl (C=O) groups is 1. The summed E-state index contributed by atoms with van der Waals surface area (Å²) < 4.78 is 0. The lowest BCUT2D eigenvalue weighted by Gasteiger charge is -2.06. The van der Waals surface area contributed by atoms with Crippen LogP contribution in [-0.2, 0) is 11.2 Å². The van der Waals surface area contributed by atoms with Gasteiger partial charge in [0.05, 0.1) is 10.0 Å². The largest absolute Gasteiger partial charge is 0.355 e. The Bertz CT molecular complexity index is 619. The first-order chi connectivity index (χ1) is 10.6. The first kappa shape index (κ1) is 17.2. The fourth-order valence-corrected chi connectivity index (χ4v) is 3.03. The van der Waals surface area contributed by atoms with Crippen molar-refractivity contribution in [2.24, 2.45) is 0 Å². The van der Waals surface area contributed by atoms with E-state index in [2.05, 4.69) is 17.4 Å². The van der Waals surface area contributed by atoms with E-state index >= 15 is 0 Å². The van der Waals surface area contributed by atoms with Gasteiger partial charge in [-0.1, -0.05) is 47.5 Å². The maximum absolute atomic E-state index is 11.8. The molecule has 2 aromatic carbocycles. The van der Waals surface area contributed by atoms with Gasteiger partial charge in [0.1, 0.15) is 0 Å². The minimum Gasteiger partial charge on any atom is -0.355 e. The highest BCUT2D eigenvalue weighted by atomic mass is 35.5. The van der Waals surface area contributed by atoms with Gasteiger partial charge in [0, 0.05) is 23.6 Å². The summed E-state index contributed by atoms with van der Waals surface area (Å²) in [6.45, 7) is 0.666. The van der Waals surface area contributed by atoms with Crippen LogP contribution in [0.15, 0.2) is 53.4 Å². The van der Waals surface area contributed by atoms with Gasteiger partial charge in [-0.25, -0.2) is 0 Å². The third kappa shape index (κ3) is 5.91. The molecule has 0 aliphatic rings. The molecule has 0 bridgehead atoms. The Labute approximate surface area is 145 Å². The number of halogens is 2. The molecule has 22 heavy (non-hydrogen) atoms. The van der Waals surface area contributed by atoms with Crippen molar-refractivity contribution < 1.29 is 4.79 Å². The van der Waals surface area contributed by atoms with Crippen LogP contribution in [0.3, 0.4) is 0 Å². The number of benzene rings is 2. The second-order valence-corrected chi connectivity index (χ2v) is 6.74. The summed E-state index contributed by atoms with van der Waals surface area (Å²) in [5.74, 6) is 0.919. The summed E-state index contributed by atoms with van der Waals surface area (Å²) in [4.78, 5) is 13.0. The van der Waals surface area contributed by atoms with Crippen molar-refractivity contribution in [2.75, 3.05) is 12.3 Å². The minimum absolute atomic E-state index is 0.0553. The van der Waals surface area contributed by atoms with Crippen molar-refractivity contribution in [1.82, 2.24) is 5.32 Å². The highest BCUT2D eigenvalue weighted by molar-refractivity contribution is 7.99. The third-order valence-electron chi connectivity index (χ3n) is 3.06. The number of hydrogen-bond donors (Lipinski definition) is 1. The molecule has 116 valence electrons. The molecule has 0 atom stereocenters. The Kier molecular flexibility index (Phi) is 7.10. The van der Waals surface area contributed by atoms with Crippen molar-refractivity contribution >= 4 is 40.9 Å². The van der Waals surface area contributed by atoms with Gasteiger partial charge in [-0.2, -0.15) is 0 Å². The number of carbonyl (C=O) groups excluding carboxylic acids is 1. The predicted molar refractivity (Wildman–Crippen MR) is 95.0 cm³/mol. The zero-order chi connectivity index (χ0) is 15.8.